The topological polar surface area (TPSA) is 3.24 Å². The van der Waals surface area contributed by atoms with Crippen LogP contribution in [0.3, 0.4) is 0 Å². The second-order valence-electron chi connectivity index (χ2n) is 7.12. The van der Waals surface area contributed by atoms with Gasteiger partial charge in [0, 0.05) is 16.8 Å². The van der Waals surface area contributed by atoms with E-state index < -0.39 is 0 Å². The summed E-state index contributed by atoms with van der Waals surface area (Å²) in [6, 6.07) is 21.4. The van der Waals surface area contributed by atoms with Crippen molar-refractivity contribution in [2.24, 2.45) is 5.41 Å². The number of allylic oxidation sites excluding steroid dienone is 3. The first-order valence-corrected chi connectivity index (χ1v) is 8.56. The van der Waals surface area contributed by atoms with Gasteiger partial charge in [-0.25, -0.2) is 0 Å². The lowest BCUT2D eigenvalue weighted by Crippen LogP contribution is -2.59. The first kappa shape index (κ1) is 15.0. The first-order chi connectivity index (χ1) is 11.6. The van der Waals surface area contributed by atoms with Crippen molar-refractivity contribution in [3.8, 4) is 0 Å². The Hall–Kier alpha value is -2.54. The van der Waals surface area contributed by atoms with Gasteiger partial charge in [-0.2, -0.15) is 0 Å². The molecular weight excluding hydrogens is 290 g/mol. The van der Waals surface area contributed by atoms with E-state index in [1.807, 2.05) is 0 Å². The van der Waals surface area contributed by atoms with Crippen LogP contribution in [-0.2, 0) is 0 Å². The molecule has 0 N–H and O–H groups in total. The van der Waals surface area contributed by atoms with E-state index in [9.17, 15) is 0 Å². The van der Waals surface area contributed by atoms with Crippen molar-refractivity contribution in [3.63, 3.8) is 0 Å². The van der Waals surface area contributed by atoms with E-state index in [1.165, 1.54) is 22.5 Å². The molecule has 2 aliphatic rings. The highest BCUT2D eigenvalue weighted by molar-refractivity contribution is 5.71. The quantitative estimate of drug-likeness (QED) is 0.621. The van der Waals surface area contributed by atoms with Gasteiger partial charge in [0.15, 0.2) is 0 Å². The molecule has 2 aliphatic carbocycles. The van der Waals surface area contributed by atoms with Gasteiger partial charge in [0.05, 0.1) is 5.54 Å². The lowest BCUT2D eigenvalue weighted by Gasteiger charge is -2.58. The molecule has 0 amide bonds. The van der Waals surface area contributed by atoms with Crippen LogP contribution in [0.5, 0.6) is 0 Å². The van der Waals surface area contributed by atoms with Gasteiger partial charge in [-0.3, -0.25) is 0 Å². The summed E-state index contributed by atoms with van der Waals surface area (Å²) in [6.07, 6.45) is 9.18. The van der Waals surface area contributed by atoms with Gasteiger partial charge in [0.1, 0.15) is 0 Å². The Kier molecular flexibility index (Phi) is 3.28. The highest BCUT2D eigenvalue weighted by Gasteiger charge is 2.54. The molecule has 4 rings (SSSR count). The molecule has 0 aromatic heterocycles. The molecule has 0 heterocycles. The zero-order valence-corrected chi connectivity index (χ0v) is 14.5. The summed E-state index contributed by atoms with van der Waals surface area (Å²) in [4.78, 5) is 2.47. The average molecular weight is 313 g/mol. The molecule has 2 aromatic carbocycles. The lowest BCUT2D eigenvalue weighted by molar-refractivity contribution is 0.285. The van der Waals surface area contributed by atoms with Crippen molar-refractivity contribution in [2.45, 2.75) is 26.3 Å². The second-order valence-corrected chi connectivity index (χ2v) is 7.12. The maximum atomic E-state index is 2.47. The molecule has 0 fully saturated rings. The third-order valence-electron chi connectivity index (χ3n) is 5.77. The molecule has 0 aliphatic heterocycles. The van der Waals surface area contributed by atoms with Crippen molar-refractivity contribution < 1.29 is 0 Å². The van der Waals surface area contributed by atoms with Crippen LogP contribution in [0, 0.1) is 5.41 Å². The number of hydrogen-bond acceptors (Lipinski definition) is 1. The highest BCUT2D eigenvalue weighted by Crippen LogP contribution is 2.57. The standard InChI is InChI=1S/C23H23N/c1-18-14-15-21(18)22(2)16-17-23(22,3)24(19-10-6-4-7-11-19)20-12-8-5-9-13-20/h4-17H,1-3H3/t22-,23?/m1/s1. The summed E-state index contributed by atoms with van der Waals surface area (Å²) in [7, 11) is 0. The average Bonchev–Trinajstić information content (AvgIpc) is 2.61. The number of para-hydroxylation sites is 2. The van der Waals surface area contributed by atoms with E-state index in [4.69, 9.17) is 0 Å². The Morgan fingerprint density at radius 2 is 1.25 bits per heavy atom. The molecule has 24 heavy (non-hydrogen) atoms. The molecule has 0 spiro atoms. The van der Waals surface area contributed by atoms with Crippen LogP contribution in [0.4, 0.5) is 11.4 Å². The zero-order chi connectivity index (χ0) is 16.8. The smallest absolute Gasteiger partial charge is 0.0734 e. The number of benzene rings is 2. The van der Waals surface area contributed by atoms with Gasteiger partial charge < -0.3 is 4.90 Å². The zero-order valence-electron chi connectivity index (χ0n) is 14.5. The van der Waals surface area contributed by atoms with Crippen LogP contribution in [0.2, 0.25) is 0 Å². The van der Waals surface area contributed by atoms with Crippen LogP contribution in [0.15, 0.2) is 96.1 Å². The van der Waals surface area contributed by atoms with Gasteiger partial charge in [0.2, 0.25) is 0 Å². The Balaban J connectivity index is 1.84. The van der Waals surface area contributed by atoms with Crippen LogP contribution in [0.1, 0.15) is 20.8 Å². The van der Waals surface area contributed by atoms with Crippen molar-refractivity contribution in [2.75, 3.05) is 4.90 Å². The van der Waals surface area contributed by atoms with Crippen LogP contribution in [-0.4, -0.2) is 5.54 Å². The fraction of sp³-hybridized carbons (Fsp3) is 0.217. The van der Waals surface area contributed by atoms with Crippen molar-refractivity contribution >= 4 is 11.4 Å². The SMILES string of the molecule is CC1=CC=C1[C@@]1(C)C=CC1(C)N(c1ccccc1)c1ccccc1. The van der Waals surface area contributed by atoms with E-state index >= 15 is 0 Å². The summed E-state index contributed by atoms with van der Waals surface area (Å²) in [5.41, 5.74) is 5.21. The Bertz CT molecular complexity index is 805. The molecule has 120 valence electrons. The molecule has 0 saturated carbocycles. The summed E-state index contributed by atoms with van der Waals surface area (Å²) in [6.45, 7) is 6.91. The van der Waals surface area contributed by atoms with Crippen molar-refractivity contribution in [1.82, 2.24) is 0 Å². The van der Waals surface area contributed by atoms with Gasteiger partial charge in [-0.05, 0) is 56.2 Å². The Morgan fingerprint density at radius 1 is 0.708 bits per heavy atom. The lowest BCUT2D eigenvalue weighted by atomic mass is 9.55. The largest absolute Gasteiger partial charge is 0.331 e. The van der Waals surface area contributed by atoms with E-state index in [2.05, 4.69) is 111 Å². The predicted molar refractivity (Wildman–Crippen MR) is 103 cm³/mol. The molecule has 0 radical (unpaired) electrons. The molecule has 0 bridgehead atoms. The second kappa shape index (κ2) is 5.24. The Labute approximate surface area is 144 Å². The number of anilines is 2. The maximum absolute atomic E-state index is 2.47. The highest BCUT2D eigenvalue weighted by atomic mass is 15.2. The van der Waals surface area contributed by atoms with E-state index in [0.29, 0.717) is 0 Å². The number of rotatable bonds is 4. The summed E-state index contributed by atoms with van der Waals surface area (Å²) < 4.78 is 0. The first-order valence-electron chi connectivity index (χ1n) is 8.56. The fourth-order valence-corrected chi connectivity index (χ4v) is 4.00. The third kappa shape index (κ3) is 1.94. The van der Waals surface area contributed by atoms with Gasteiger partial charge in [-0.1, -0.05) is 60.7 Å². The molecule has 1 heteroatoms. The third-order valence-corrected chi connectivity index (χ3v) is 5.77. The monoisotopic (exact) mass is 313 g/mol. The number of nitrogens with zero attached hydrogens (tertiary/aromatic N) is 1. The molecule has 2 aromatic rings. The summed E-state index contributed by atoms with van der Waals surface area (Å²) >= 11 is 0. The van der Waals surface area contributed by atoms with Gasteiger partial charge in [-0.15, -0.1) is 0 Å². The van der Waals surface area contributed by atoms with Crippen LogP contribution >= 0.6 is 0 Å². The minimum absolute atomic E-state index is 0.0114. The molecule has 1 unspecified atom stereocenters. The van der Waals surface area contributed by atoms with E-state index in [-0.39, 0.29) is 11.0 Å². The van der Waals surface area contributed by atoms with E-state index in [1.54, 1.807) is 0 Å². The Morgan fingerprint density at radius 3 is 1.58 bits per heavy atom. The van der Waals surface area contributed by atoms with Gasteiger partial charge >= 0.3 is 0 Å². The molecule has 1 nitrogen and oxygen atoms in total. The minimum Gasteiger partial charge on any atom is -0.331 e. The minimum atomic E-state index is -0.100. The molecular formula is C23H23N. The number of hydrogen-bond donors (Lipinski definition) is 0. The normalized spacial score (nSPS) is 27.6. The van der Waals surface area contributed by atoms with Crippen LogP contribution in [0.25, 0.3) is 0 Å². The van der Waals surface area contributed by atoms with Crippen LogP contribution < -0.4 is 4.90 Å². The van der Waals surface area contributed by atoms with Gasteiger partial charge in [0.25, 0.3) is 0 Å². The predicted octanol–water partition coefficient (Wildman–Crippen LogP) is 6.05. The van der Waals surface area contributed by atoms with Crippen molar-refractivity contribution in [1.29, 1.82) is 0 Å². The summed E-state index contributed by atoms with van der Waals surface area (Å²) in [5.74, 6) is 0. The van der Waals surface area contributed by atoms with Crippen molar-refractivity contribution in [3.05, 3.63) is 96.1 Å². The maximum Gasteiger partial charge on any atom is 0.0734 e. The molecule has 0 saturated heterocycles. The van der Waals surface area contributed by atoms with E-state index in [0.717, 1.165) is 0 Å². The molecule has 2 atom stereocenters. The fourth-order valence-electron chi connectivity index (χ4n) is 4.00. The summed E-state index contributed by atoms with van der Waals surface area (Å²) in [5, 5.41) is 0.